The van der Waals surface area contributed by atoms with Crippen molar-refractivity contribution in [2.45, 2.75) is 225 Å². The maximum Gasteiger partial charge on any atom is 0.472 e. The van der Waals surface area contributed by atoms with Gasteiger partial charge in [-0.05, 0) is 70.6 Å². The number of carbonyl (C=O) groups is 1. The van der Waals surface area contributed by atoms with Crippen LogP contribution in [0.15, 0.2) is 72.9 Å². The molecule has 60 heavy (non-hydrogen) atoms. The second-order valence-electron chi connectivity index (χ2n) is 16.3. The molecule has 9 heteroatoms. The Bertz CT molecular complexity index is 1170. The third-order valence-corrected chi connectivity index (χ3v) is 11.5. The van der Waals surface area contributed by atoms with E-state index in [1.54, 1.807) is 6.08 Å². The summed E-state index contributed by atoms with van der Waals surface area (Å²) in [6.45, 7) is 4.00. The number of phosphoric acid groups is 1. The summed E-state index contributed by atoms with van der Waals surface area (Å²) in [5, 5.41) is 13.7. The molecule has 0 bridgehead atoms. The van der Waals surface area contributed by atoms with Crippen molar-refractivity contribution in [1.82, 2.24) is 5.32 Å². The number of hydrogen-bond donors (Lipinski definition) is 4. The third kappa shape index (κ3) is 44.0. The fourth-order valence-electron chi connectivity index (χ4n) is 6.85. The minimum absolute atomic E-state index is 0.0704. The van der Waals surface area contributed by atoms with Crippen LogP contribution in [0.3, 0.4) is 0 Å². The molecule has 0 aromatic carbocycles. The highest BCUT2D eigenvalue weighted by atomic mass is 31.2. The van der Waals surface area contributed by atoms with Gasteiger partial charge in [0, 0.05) is 13.0 Å². The first-order valence-corrected chi connectivity index (χ1v) is 26.1. The van der Waals surface area contributed by atoms with Crippen molar-refractivity contribution in [1.29, 1.82) is 0 Å². The van der Waals surface area contributed by atoms with Crippen LogP contribution in [0.2, 0.25) is 0 Å². The Hall–Kier alpha value is -2.06. The number of aliphatic hydroxyl groups excluding tert-OH is 1. The number of hydrogen-bond acceptors (Lipinski definition) is 6. The molecular formula is C51H93N2O6P. The van der Waals surface area contributed by atoms with Gasteiger partial charge in [0.2, 0.25) is 5.91 Å². The molecule has 0 aliphatic rings. The lowest BCUT2D eigenvalue weighted by atomic mass is 10.0. The molecule has 0 aliphatic carbocycles. The van der Waals surface area contributed by atoms with Crippen molar-refractivity contribution in [3.8, 4) is 0 Å². The molecule has 0 fully saturated rings. The maximum atomic E-state index is 12.8. The van der Waals surface area contributed by atoms with E-state index in [-0.39, 0.29) is 25.7 Å². The average Bonchev–Trinajstić information content (AvgIpc) is 3.24. The van der Waals surface area contributed by atoms with Gasteiger partial charge in [-0.25, -0.2) is 4.57 Å². The number of aliphatic hydroxyl groups is 1. The largest absolute Gasteiger partial charge is 0.472 e. The van der Waals surface area contributed by atoms with Crippen LogP contribution in [0.25, 0.3) is 0 Å². The minimum Gasteiger partial charge on any atom is -0.387 e. The smallest absolute Gasteiger partial charge is 0.387 e. The Morgan fingerprint density at radius 1 is 0.567 bits per heavy atom. The number of amides is 1. The fraction of sp³-hybridized carbons (Fsp3) is 0.745. The second-order valence-corrected chi connectivity index (χ2v) is 17.7. The van der Waals surface area contributed by atoms with Crippen molar-refractivity contribution in [3.05, 3.63) is 72.9 Å². The van der Waals surface area contributed by atoms with E-state index in [9.17, 15) is 19.4 Å². The zero-order valence-electron chi connectivity index (χ0n) is 38.7. The van der Waals surface area contributed by atoms with E-state index in [1.807, 2.05) is 6.08 Å². The highest BCUT2D eigenvalue weighted by Crippen LogP contribution is 2.43. The van der Waals surface area contributed by atoms with Crippen LogP contribution < -0.4 is 11.1 Å². The van der Waals surface area contributed by atoms with Crippen LogP contribution in [0.5, 0.6) is 0 Å². The van der Waals surface area contributed by atoms with Crippen molar-refractivity contribution in [2.75, 3.05) is 19.8 Å². The zero-order valence-corrected chi connectivity index (χ0v) is 39.6. The van der Waals surface area contributed by atoms with Gasteiger partial charge in [-0.1, -0.05) is 209 Å². The number of phosphoric ester groups is 1. The average molecular weight is 861 g/mol. The van der Waals surface area contributed by atoms with Crippen molar-refractivity contribution in [2.24, 2.45) is 5.73 Å². The molecule has 0 saturated carbocycles. The Morgan fingerprint density at radius 3 is 1.48 bits per heavy atom. The van der Waals surface area contributed by atoms with Gasteiger partial charge >= 0.3 is 7.82 Å². The standard InChI is InChI=1S/C51H93N2O6P/c1-3-5-7-9-11-13-15-17-19-21-23-24-25-26-27-29-31-33-35-37-39-41-43-45-51(55)53-49(48-59-60(56,57)58-47-46-52)50(54)44-42-40-38-36-34-32-30-28-22-20-18-16-14-12-10-8-6-4-2/h5,7,11,13,17,19,23-24,34,36,42,44,49-50,54H,3-4,6,8-10,12,14-16,18,20-22,25-33,35,37-41,43,45-48,52H2,1-2H3,(H,53,55)(H,56,57)/b7-5-,13-11-,19-17-,24-23-,36-34+,44-42+. The van der Waals surface area contributed by atoms with Gasteiger partial charge in [0.1, 0.15) is 0 Å². The Morgan fingerprint density at radius 2 is 0.983 bits per heavy atom. The second kappa shape index (κ2) is 46.4. The minimum atomic E-state index is -4.36. The quantitative estimate of drug-likeness (QED) is 0.0272. The van der Waals surface area contributed by atoms with Gasteiger partial charge in [-0.15, -0.1) is 0 Å². The summed E-state index contributed by atoms with van der Waals surface area (Å²) in [5.74, 6) is -0.210. The molecule has 0 heterocycles. The van der Waals surface area contributed by atoms with Crippen LogP contribution in [0.4, 0.5) is 0 Å². The molecule has 3 atom stereocenters. The van der Waals surface area contributed by atoms with Crippen molar-refractivity contribution < 1.29 is 28.4 Å². The normalized spacial score (nSPS) is 14.6. The molecule has 0 spiro atoms. The number of allylic oxidation sites excluding steroid dienone is 11. The lowest BCUT2D eigenvalue weighted by Crippen LogP contribution is -2.45. The van der Waals surface area contributed by atoms with Gasteiger partial charge in [0.05, 0.1) is 25.4 Å². The Balaban J connectivity index is 4.18. The first-order valence-electron chi connectivity index (χ1n) is 24.6. The van der Waals surface area contributed by atoms with E-state index in [0.717, 1.165) is 70.6 Å². The van der Waals surface area contributed by atoms with Gasteiger partial charge in [-0.3, -0.25) is 13.8 Å². The molecule has 0 saturated heterocycles. The van der Waals surface area contributed by atoms with E-state index in [4.69, 9.17) is 14.8 Å². The van der Waals surface area contributed by atoms with Gasteiger partial charge in [0.25, 0.3) is 0 Å². The summed E-state index contributed by atoms with van der Waals surface area (Å²) in [4.78, 5) is 22.8. The van der Waals surface area contributed by atoms with Gasteiger partial charge in [-0.2, -0.15) is 0 Å². The Labute approximate surface area is 369 Å². The number of unbranched alkanes of at least 4 members (excludes halogenated alkanes) is 23. The molecule has 0 aromatic heterocycles. The molecule has 3 unspecified atom stereocenters. The number of rotatable bonds is 45. The van der Waals surface area contributed by atoms with Crippen LogP contribution in [-0.2, 0) is 18.4 Å². The monoisotopic (exact) mass is 861 g/mol. The molecule has 0 radical (unpaired) electrons. The van der Waals surface area contributed by atoms with E-state index >= 15 is 0 Å². The predicted molar refractivity (Wildman–Crippen MR) is 258 cm³/mol. The summed E-state index contributed by atoms with van der Waals surface area (Å²) in [5.41, 5.74) is 5.38. The summed E-state index contributed by atoms with van der Waals surface area (Å²) in [7, 11) is -4.36. The van der Waals surface area contributed by atoms with Crippen LogP contribution in [-0.4, -0.2) is 47.8 Å². The fourth-order valence-corrected chi connectivity index (χ4v) is 7.60. The summed E-state index contributed by atoms with van der Waals surface area (Å²) < 4.78 is 22.2. The summed E-state index contributed by atoms with van der Waals surface area (Å²) >= 11 is 0. The van der Waals surface area contributed by atoms with Gasteiger partial charge in [0.15, 0.2) is 0 Å². The first-order chi connectivity index (χ1) is 29.4. The van der Waals surface area contributed by atoms with Crippen LogP contribution >= 0.6 is 7.82 Å². The van der Waals surface area contributed by atoms with E-state index in [2.05, 4.69) is 79.9 Å². The predicted octanol–water partition coefficient (Wildman–Crippen LogP) is 14.4. The van der Waals surface area contributed by atoms with Crippen LogP contribution in [0.1, 0.15) is 213 Å². The first kappa shape index (κ1) is 57.9. The SMILES string of the molecule is CC/C=C\C/C=C\C/C=C\C/C=C\CCCCCCCCCCCCC(=O)NC(COP(=O)(O)OCCN)C(O)/C=C/CC/C=C/CCCCCCCCCCCCCC. The van der Waals surface area contributed by atoms with E-state index in [1.165, 1.54) is 122 Å². The molecule has 5 N–H and O–H groups in total. The summed E-state index contributed by atoms with van der Waals surface area (Å²) in [6.07, 6.45) is 61.0. The van der Waals surface area contributed by atoms with Gasteiger partial charge < -0.3 is 21.1 Å². The third-order valence-electron chi connectivity index (χ3n) is 10.5. The lowest BCUT2D eigenvalue weighted by molar-refractivity contribution is -0.123. The molecular weight excluding hydrogens is 768 g/mol. The van der Waals surface area contributed by atoms with Crippen molar-refractivity contribution >= 4 is 13.7 Å². The highest BCUT2D eigenvalue weighted by molar-refractivity contribution is 7.47. The van der Waals surface area contributed by atoms with Crippen LogP contribution in [0, 0.1) is 0 Å². The Kier molecular flexibility index (Phi) is 44.8. The number of carbonyl (C=O) groups excluding carboxylic acids is 1. The summed E-state index contributed by atoms with van der Waals surface area (Å²) in [6, 6.07) is -0.883. The molecule has 0 rings (SSSR count). The van der Waals surface area contributed by atoms with E-state index < -0.39 is 20.0 Å². The van der Waals surface area contributed by atoms with Crippen molar-refractivity contribution in [3.63, 3.8) is 0 Å². The molecule has 348 valence electrons. The number of nitrogens with two attached hydrogens (primary N) is 1. The lowest BCUT2D eigenvalue weighted by Gasteiger charge is -2.23. The molecule has 1 amide bonds. The molecule has 0 aliphatic heterocycles. The highest BCUT2D eigenvalue weighted by Gasteiger charge is 2.26. The number of nitrogens with one attached hydrogen (secondary N) is 1. The topological polar surface area (TPSA) is 131 Å². The molecule has 8 nitrogen and oxygen atoms in total. The zero-order chi connectivity index (χ0) is 43.9. The maximum absolute atomic E-state index is 12.8. The van der Waals surface area contributed by atoms with E-state index in [0.29, 0.717) is 6.42 Å². The molecule has 0 aromatic rings.